The van der Waals surface area contributed by atoms with Crippen molar-refractivity contribution in [2.24, 2.45) is 0 Å². The van der Waals surface area contributed by atoms with Crippen molar-refractivity contribution in [3.05, 3.63) is 84.9 Å². The maximum Gasteiger partial charge on any atom is 0.343 e. The molecule has 1 N–H and O–H groups in total. The fourth-order valence-corrected chi connectivity index (χ4v) is 4.14. The van der Waals surface area contributed by atoms with Crippen molar-refractivity contribution in [3.63, 3.8) is 0 Å². The lowest BCUT2D eigenvalue weighted by Crippen LogP contribution is -2.14. The molecule has 1 amide bonds. The summed E-state index contributed by atoms with van der Waals surface area (Å²) >= 11 is 14.2. The number of anilines is 1. The van der Waals surface area contributed by atoms with Crippen molar-refractivity contribution in [1.29, 1.82) is 5.26 Å². The van der Waals surface area contributed by atoms with E-state index in [0.29, 0.717) is 20.4 Å². The summed E-state index contributed by atoms with van der Waals surface area (Å²) in [6, 6.07) is 16.3. The first-order chi connectivity index (χ1) is 16.8. The Kier molecular flexibility index (Phi) is 8.98. The van der Waals surface area contributed by atoms with E-state index in [1.54, 1.807) is 54.6 Å². The number of amides is 1. The number of carbonyl (C=O) groups is 2. The van der Waals surface area contributed by atoms with Gasteiger partial charge >= 0.3 is 5.97 Å². The average Bonchev–Trinajstić information content (AvgIpc) is 2.86. The number of nitriles is 1. The third-order valence-electron chi connectivity index (χ3n) is 4.65. The first-order valence-corrected chi connectivity index (χ1v) is 11.7. The molecule has 0 aromatic heterocycles. The molecule has 3 aromatic rings. The SMILES string of the molecule is COc1ccc(C(=O)Oc2c(I)cc(/C=C(\C#N)C(=O)Nc3c(Cl)cccc3Cl)cc2OC)cc1. The molecule has 0 spiro atoms. The van der Waals surface area contributed by atoms with Crippen LogP contribution in [0.4, 0.5) is 5.69 Å². The van der Waals surface area contributed by atoms with E-state index < -0.39 is 11.9 Å². The molecule has 0 saturated heterocycles. The zero-order valence-corrected chi connectivity index (χ0v) is 22.1. The lowest BCUT2D eigenvalue weighted by molar-refractivity contribution is -0.112. The summed E-state index contributed by atoms with van der Waals surface area (Å²) in [5.41, 5.74) is 0.818. The third kappa shape index (κ3) is 6.45. The largest absolute Gasteiger partial charge is 0.497 e. The van der Waals surface area contributed by atoms with Crippen LogP contribution in [0.25, 0.3) is 6.08 Å². The molecule has 3 aromatic carbocycles. The molecule has 0 aliphatic carbocycles. The number of hydrogen-bond donors (Lipinski definition) is 1. The van der Waals surface area contributed by atoms with Gasteiger partial charge in [0.2, 0.25) is 0 Å². The highest BCUT2D eigenvalue weighted by molar-refractivity contribution is 14.1. The second-order valence-corrected chi connectivity index (χ2v) is 8.85. The van der Waals surface area contributed by atoms with Gasteiger partial charge in [-0.05, 0) is 82.8 Å². The zero-order chi connectivity index (χ0) is 25.5. The number of methoxy groups -OCH3 is 2. The maximum atomic E-state index is 12.7. The molecule has 0 atom stereocenters. The van der Waals surface area contributed by atoms with Crippen LogP contribution in [-0.2, 0) is 4.79 Å². The Hall–Kier alpha value is -3.26. The molecule has 0 unspecified atom stereocenters. The minimum absolute atomic E-state index is 0.193. The van der Waals surface area contributed by atoms with E-state index in [0.717, 1.165) is 0 Å². The predicted octanol–water partition coefficient (Wildman–Crippen LogP) is 6.38. The number of nitrogens with one attached hydrogen (secondary N) is 1. The van der Waals surface area contributed by atoms with Gasteiger partial charge in [-0.3, -0.25) is 4.79 Å². The van der Waals surface area contributed by atoms with Crippen molar-refractivity contribution < 1.29 is 23.8 Å². The second-order valence-electron chi connectivity index (χ2n) is 6.87. The predicted molar refractivity (Wildman–Crippen MR) is 142 cm³/mol. The fraction of sp³-hybridized carbons (Fsp3) is 0.0800. The van der Waals surface area contributed by atoms with Gasteiger partial charge in [0.25, 0.3) is 5.91 Å². The second kappa shape index (κ2) is 11.9. The van der Waals surface area contributed by atoms with E-state index in [-0.39, 0.29) is 32.8 Å². The van der Waals surface area contributed by atoms with E-state index >= 15 is 0 Å². The Labute approximate surface area is 225 Å². The number of halogens is 3. The average molecular weight is 623 g/mol. The van der Waals surface area contributed by atoms with E-state index in [1.165, 1.54) is 20.3 Å². The minimum atomic E-state index is -0.688. The highest BCUT2D eigenvalue weighted by atomic mass is 127. The highest BCUT2D eigenvalue weighted by Crippen LogP contribution is 2.35. The smallest absolute Gasteiger partial charge is 0.343 e. The van der Waals surface area contributed by atoms with Crippen molar-refractivity contribution in [2.45, 2.75) is 0 Å². The Morgan fingerprint density at radius 1 is 1.03 bits per heavy atom. The van der Waals surface area contributed by atoms with Gasteiger partial charge in [-0.2, -0.15) is 5.26 Å². The molecule has 7 nitrogen and oxygen atoms in total. The molecule has 3 rings (SSSR count). The Morgan fingerprint density at radius 3 is 2.26 bits per heavy atom. The summed E-state index contributed by atoms with van der Waals surface area (Å²) in [5.74, 6) is -0.208. The lowest BCUT2D eigenvalue weighted by Gasteiger charge is -2.13. The topological polar surface area (TPSA) is 97.7 Å². The molecule has 0 saturated carbocycles. The van der Waals surface area contributed by atoms with Crippen LogP contribution in [0.1, 0.15) is 15.9 Å². The van der Waals surface area contributed by atoms with Crippen LogP contribution < -0.4 is 19.5 Å². The van der Waals surface area contributed by atoms with Crippen molar-refractivity contribution in [3.8, 4) is 23.3 Å². The van der Waals surface area contributed by atoms with Crippen LogP contribution in [0.2, 0.25) is 10.0 Å². The van der Waals surface area contributed by atoms with Crippen LogP contribution in [-0.4, -0.2) is 26.1 Å². The number of ether oxygens (including phenoxy) is 3. The molecular weight excluding hydrogens is 606 g/mol. The van der Waals surface area contributed by atoms with Gasteiger partial charge in [0.1, 0.15) is 17.4 Å². The molecule has 178 valence electrons. The number of benzene rings is 3. The zero-order valence-electron chi connectivity index (χ0n) is 18.4. The van der Waals surface area contributed by atoms with Gasteiger partial charge < -0.3 is 19.5 Å². The summed E-state index contributed by atoms with van der Waals surface area (Å²) in [6.45, 7) is 0. The number of carbonyl (C=O) groups excluding carboxylic acids is 2. The van der Waals surface area contributed by atoms with Crippen LogP contribution >= 0.6 is 45.8 Å². The molecule has 0 bridgehead atoms. The van der Waals surface area contributed by atoms with Crippen LogP contribution in [0.3, 0.4) is 0 Å². The van der Waals surface area contributed by atoms with Crippen LogP contribution in [0.15, 0.2) is 60.2 Å². The van der Waals surface area contributed by atoms with Gasteiger partial charge in [-0.15, -0.1) is 0 Å². The third-order valence-corrected chi connectivity index (χ3v) is 6.08. The number of para-hydroxylation sites is 1. The van der Waals surface area contributed by atoms with Crippen molar-refractivity contribution in [1.82, 2.24) is 0 Å². The molecule has 10 heteroatoms. The molecule has 35 heavy (non-hydrogen) atoms. The molecule has 0 heterocycles. The van der Waals surface area contributed by atoms with E-state index in [1.807, 2.05) is 28.7 Å². The maximum absolute atomic E-state index is 12.7. The summed E-state index contributed by atoms with van der Waals surface area (Å²) in [7, 11) is 2.95. The van der Waals surface area contributed by atoms with Crippen molar-refractivity contribution >= 4 is 69.4 Å². The van der Waals surface area contributed by atoms with Crippen LogP contribution in [0.5, 0.6) is 17.2 Å². The Morgan fingerprint density at radius 2 is 1.69 bits per heavy atom. The number of rotatable bonds is 7. The summed E-state index contributed by atoms with van der Waals surface area (Å²) in [4.78, 5) is 25.3. The summed E-state index contributed by atoms with van der Waals surface area (Å²) < 4.78 is 16.6. The summed E-state index contributed by atoms with van der Waals surface area (Å²) in [6.07, 6.45) is 1.37. The van der Waals surface area contributed by atoms with Gasteiger partial charge in [0, 0.05) is 0 Å². The van der Waals surface area contributed by atoms with E-state index in [2.05, 4.69) is 5.32 Å². The van der Waals surface area contributed by atoms with Gasteiger partial charge in [0.05, 0.1) is 39.1 Å². The van der Waals surface area contributed by atoms with Gasteiger partial charge in [-0.25, -0.2) is 4.79 Å². The standard InChI is InChI=1S/C25H17Cl2IN2O5/c1-33-17-8-6-15(7-9-17)25(32)35-23-20(28)11-14(12-21(23)34-2)10-16(13-29)24(31)30-22-18(26)4-3-5-19(22)27/h3-12H,1-2H3,(H,30,31)/b16-10+. The molecular formula is C25H17Cl2IN2O5. The quantitative estimate of drug-likeness (QED) is 0.108. The lowest BCUT2D eigenvalue weighted by atomic mass is 10.1. The van der Waals surface area contributed by atoms with E-state index in [9.17, 15) is 14.9 Å². The number of esters is 1. The molecule has 0 aliphatic heterocycles. The first-order valence-electron chi connectivity index (χ1n) is 9.88. The van der Waals surface area contributed by atoms with E-state index in [4.69, 9.17) is 37.4 Å². The molecule has 0 aliphatic rings. The summed E-state index contributed by atoms with van der Waals surface area (Å²) in [5, 5.41) is 12.6. The minimum Gasteiger partial charge on any atom is -0.497 e. The molecule has 0 radical (unpaired) electrons. The fourth-order valence-electron chi connectivity index (χ4n) is 2.91. The Balaban J connectivity index is 1.87. The van der Waals surface area contributed by atoms with Gasteiger partial charge in [-0.1, -0.05) is 29.3 Å². The molecule has 0 fully saturated rings. The first kappa shape index (κ1) is 26.3. The monoisotopic (exact) mass is 622 g/mol. The Bertz CT molecular complexity index is 1330. The number of hydrogen-bond acceptors (Lipinski definition) is 6. The highest BCUT2D eigenvalue weighted by Gasteiger charge is 2.18. The van der Waals surface area contributed by atoms with Crippen molar-refractivity contribution in [2.75, 3.05) is 19.5 Å². The van der Waals surface area contributed by atoms with Crippen LogP contribution in [0, 0.1) is 14.9 Å². The number of nitrogens with zero attached hydrogens (tertiary/aromatic N) is 1. The van der Waals surface area contributed by atoms with Gasteiger partial charge in [0.15, 0.2) is 11.5 Å². The normalized spacial score (nSPS) is 10.8.